The van der Waals surface area contributed by atoms with Crippen molar-refractivity contribution in [2.45, 2.75) is 37.8 Å². The van der Waals surface area contributed by atoms with Gasteiger partial charge in [0.2, 0.25) is 17.7 Å². The smallest absolute Gasteiger partial charge is 0.274 e. The monoisotopic (exact) mass is 413 g/mol. The zero-order valence-corrected chi connectivity index (χ0v) is 17.2. The van der Waals surface area contributed by atoms with Crippen molar-refractivity contribution >= 4 is 23.4 Å². The van der Waals surface area contributed by atoms with Crippen LogP contribution in [-0.2, 0) is 20.8 Å². The summed E-state index contributed by atoms with van der Waals surface area (Å²) in [4.78, 5) is 50.9. The topological polar surface area (TPSA) is 113 Å². The minimum absolute atomic E-state index is 0.0128. The summed E-state index contributed by atoms with van der Waals surface area (Å²) in [6.07, 6.45) is 7.72. The van der Waals surface area contributed by atoms with Crippen LogP contribution < -0.4 is 21.5 Å². The summed E-state index contributed by atoms with van der Waals surface area (Å²) in [6.45, 7) is 0.604. The summed E-state index contributed by atoms with van der Waals surface area (Å²) in [5, 5.41) is 8.43. The highest BCUT2D eigenvalue weighted by atomic mass is 16.2. The number of aryl methyl sites for hydroxylation is 1. The van der Waals surface area contributed by atoms with Crippen LogP contribution in [0.3, 0.4) is 0 Å². The van der Waals surface area contributed by atoms with E-state index in [1.54, 1.807) is 26.2 Å². The lowest BCUT2D eigenvalue weighted by atomic mass is 9.98. The lowest BCUT2D eigenvalue weighted by Gasteiger charge is -2.20. The lowest BCUT2D eigenvalue weighted by Crippen LogP contribution is -2.42. The van der Waals surface area contributed by atoms with Gasteiger partial charge in [0.1, 0.15) is 11.7 Å². The molecule has 3 amide bonds. The Balaban J connectivity index is 1.71. The summed E-state index contributed by atoms with van der Waals surface area (Å²) in [6, 6.07) is 2.18. The summed E-state index contributed by atoms with van der Waals surface area (Å²) in [5.41, 5.74) is 0.686. The highest BCUT2D eigenvalue weighted by Gasteiger charge is 2.33. The predicted molar refractivity (Wildman–Crippen MR) is 112 cm³/mol. The van der Waals surface area contributed by atoms with E-state index in [1.165, 1.54) is 9.47 Å². The standard InChI is InChI=1S/C21H27N5O4/c1-4-14(11-13-9-10-22-19(13)28)24-20(29)17-8-6-15-5-7-16(21(30)26(15)17)23-12-18(27)25(2)3/h1,5,7,13-14,17,23H,6,8-12H2,2-3H3,(H,22,28)(H,24,29). The first kappa shape index (κ1) is 21.4. The zero-order chi connectivity index (χ0) is 21.8. The second kappa shape index (κ2) is 9.03. The molecule has 1 aromatic heterocycles. The highest BCUT2D eigenvalue weighted by molar-refractivity contribution is 5.83. The van der Waals surface area contributed by atoms with Crippen LogP contribution in [0.2, 0.25) is 0 Å². The molecule has 9 nitrogen and oxygen atoms in total. The third-order valence-electron chi connectivity index (χ3n) is 5.62. The van der Waals surface area contributed by atoms with Crippen LogP contribution >= 0.6 is 0 Å². The quantitative estimate of drug-likeness (QED) is 0.521. The first-order valence-electron chi connectivity index (χ1n) is 10.0. The molecule has 3 unspecified atom stereocenters. The number of amides is 3. The van der Waals surface area contributed by atoms with E-state index in [0.717, 1.165) is 5.69 Å². The fourth-order valence-electron chi connectivity index (χ4n) is 3.85. The zero-order valence-electron chi connectivity index (χ0n) is 17.2. The molecule has 1 fully saturated rings. The summed E-state index contributed by atoms with van der Waals surface area (Å²) >= 11 is 0. The first-order valence-corrected chi connectivity index (χ1v) is 10.0. The Kier molecular flexibility index (Phi) is 6.45. The van der Waals surface area contributed by atoms with Crippen molar-refractivity contribution in [1.29, 1.82) is 0 Å². The average molecular weight is 413 g/mol. The lowest BCUT2D eigenvalue weighted by molar-refractivity contribution is -0.127. The third-order valence-corrected chi connectivity index (χ3v) is 5.62. The van der Waals surface area contributed by atoms with Gasteiger partial charge in [-0.05, 0) is 37.8 Å². The number of carbonyl (C=O) groups excluding carboxylic acids is 3. The van der Waals surface area contributed by atoms with Crippen molar-refractivity contribution in [2.24, 2.45) is 5.92 Å². The number of hydrogen-bond donors (Lipinski definition) is 3. The molecule has 0 aliphatic carbocycles. The minimum atomic E-state index is -0.674. The fraction of sp³-hybridized carbons (Fsp3) is 0.524. The number of nitrogens with one attached hydrogen (secondary N) is 3. The Morgan fingerprint density at radius 2 is 2.10 bits per heavy atom. The van der Waals surface area contributed by atoms with Crippen molar-refractivity contribution in [3.63, 3.8) is 0 Å². The van der Waals surface area contributed by atoms with Gasteiger partial charge in [-0.2, -0.15) is 0 Å². The molecular formula is C21H27N5O4. The average Bonchev–Trinajstić information content (AvgIpc) is 3.33. The number of carbonyl (C=O) groups is 3. The largest absolute Gasteiger partial charge is 0.372 e. The molecule has 3 heterocycles. The van der Waals surface area contributed by atoms with E-state index < -0.39 is 12.1 Å². The Morgan fingerprint density at radius 3 is 2.73 bits per heavy atom. The number of likely N-dealkylation sites (N-methyl/N-ethyl adjacent to an activating group) is 1. The Labute approximate surface area is 175 Å². The molecule has 2 aliphatic heterocycles. The van der Waals surface area contributed by atoms with Crippen molar-refractivity contribution in [3.05, 3.63) is 28.2 Å². The number of nitrogens with zero attached hydrogens (tertiary/aromatic N) is 2. The Hall–Kier alpha value is -3.28. The van der Waals surface area contributed by atoms with E-state index in [1.807, 2.05) is 0 Å². The van der Waals surface area contributed by atoms with Crippen LogP contribution in [0.4, 0.5) is 5.69 Å². The van der Waals surface area contributed by atoms with E-state index in [4.69, 9.17) is 6.42 Å². The van der Waals surface area contributed by atoms with Crippen molar-refractivity contribution in [3.8, 4) is 12.3 Å². The number of pyridine rings is 1. The van der Waals surface area contributed by atoms with E-state index in [0.29, 0.717) is 32.2 Å². The van der Waals surface area contributed by atoms with Gasteiger partial charge < -0.3 is 20.9 Å². The molecule has 0 aromatic carbocycles. The molecule has 3 atom stereocenters. The number of terminal acetylenes is 1. The summed E-state index contributed by atoms with van der Waals surface area (Å²) < 4.78 is 1.47. The van der Waals surface area contributed by atoms with Crippen LogP contribution in [0.15, 0.2) is 16.9 Å². The fourth-order valence-corrected chi connectivity index (χ4v) is 3.85. The molecule has 0 spiro atoms. The molecule has 2 aliphatic rings. The molecule has 0 saturated carbocycles. The maximum absolute atomic E-state index is 12.9. The van der Waals surface area contributed by atoms with Gasteiger partial charge in [0.25, 0.3) is 5.56 Å². The molecule has 1 aromatic rings. The van der Waals surface area contributed by atoms with Crippen LogP contribution in [0.25, 0.3) is 0 Å². The predicted octanol–water partition coefficient (Wildman–Crippen LogP) is -0.520. The molecule has 3 N–H and O–H groups in total. The molecule has 9 heteroatoms. The number of aromatic nitrogens is 1. The van der Waals surface area contributed by atoms with Gasteiger partial charge in [-0.25, -0.2) is 0 Å². The van der Waals surface area contributed by atoms with Gasteiger partial charge in [-0.15, -0.1) is 6.42 Å². The first-order chi connectivity index (χ1) is 14.3. The minimum Gasteiger partial charge on any atom is -0.372 e. The van der Waals surface area contributed by atoms with Gasteiger partial charge in [-0.1, -0.05) is 5.92 Å². The Bertz CT molecular complexity index is 946. The number of anilines is 1. The van der Waals surface area contributed by atoms with Gasteiger partial charge in [0.15, 0.2) is 0 Å². The van der Waals surface area contributed by atoms with Crippen LogP contribution in [0.5, 0.6) is 0 Å². The Morgan fingerprint density at radius 1 is 1.33 bits per heavy atom. The van der Waals surface area contributed by atoms with Crippen LogP contribution in [0.1, 0.15) is 31.0 Å². The summed E-state index contributed by atoms with van der Waals surface area (Å²) in [5.74, 6) is 1.78. The number of fused-ring (bicyclic) bond motifs is 1. The van der Waals surface area contributed by atoms with Gasteiger partial charge in [0, 0.05) is 32.3 Å². The van der Waals surface area contributed by atoms with Crippen molar-refractivity contribution in [1.82, 2.24) is 20.1 Å². The van der Waals surface area contributed by atoms with Crippen molar-refractivity contribution in [2.75, 3.05) is 32.5 Å². The molecule has 160 valence electrons. The SMILES string of the molecule is C#CC(CC1CCNC1=O)NC(=O)C1CCc2ccc(NCC(=O)N(C)C)c(=O)n21. The second-order valence-electron chi connectivity index (χ2n) is 7.85. The number of rotatable bonds is 7. The van der Waals surface area contributed by atoms with Crippen molar-refractivity contribution < 1.29 is 14.4 Å². The second-order valence-corrected chi connectivity index (χ2v) is 7.85. The van der Waals surface area contributed by atoms with Crippen LogP contribution in [0, 0.1) is 18.3 Å². The maximum Gasteiger partial charge on any atom is 0.274 e. The van der Waals surface area contributed by atoms with Gasteiger partial charge in [-0.3, -0.25) is 23.7 Å². The summed E-state index contributed by atoms with van der Waals surface area (Å²) in [7, 11) is 3.27. The molecule has 1 saturated heterocycles. The molecule has 0 radical (unpaired) electrons. The van der Waals surface area contributed by atoms with E-state index >= 15 is 0 Å². The highest BCUT2D eigenvalue weighted by Crippen LogP contribution is 2.25. The van der Waals surface area contributed by atoms with E-state index in [-0.39, 0.29) is 41.4 Å². The van der Waals surface area contributed by atoms with Crippen LogP contribution in [-0.4, -0.2) is 60.4 Å². The third kappa shape index (κ3) is 4.48. The van der Waals surface area contributed by atoms with E-state index in [9.17, 15) is 19.2 Å². The van der Waals surface area contributed by atoms with Gasteiger partial charge >= 0.3 is 0 Å². The normalized spacial score (nSPS) is 20.6. The molecule has 3 rings (SSSR count). The van der Waals surface area contributed by atoms with Gasteiger partial charge in [0.05, 0.1) is 12.6 Å². The van der Waals surface area contributed by atoms with E-state index in [2.05, 4.69) is 21.9 Å². The molecular weight excluding hydrogens is 386 g/mol. The maximum atomic E-state index is 12.9. The number of hydrogen-bond acceptors (Lipinski definition) is 5. The molecule has 0 bridgehead atoms. The molecule has 30 heavy (non-hydrogen) atoms.